The van der Waals surface area contributed by atoms with Crippen molar-refractivity contribution in [2.24, 2.45) is 7.05 Å². The van der Waals surface area contributed by atoms with Gasteiger partial charge in [0.15, 0.2) is 6.20 Å². The highest BCUT2D eigenvalue weighted by molar-refractivity contribution is 5.93. The van der Waals surface area contributed by atoms with Gasteiger partial charge in [-0.15, -0.1) is 0 Å². The monoisotopic (exact) mass is 330 g/mol. The minimum Gasteiger partial charge on any atom is -0.201 e. The summed E-state index contributed by atoms with van der Waals surface area (Å²) in [7, 11) is 2.08. The van der Waals surface area contributed by atoms with Crippen LogP contribution in [0.3, 0.4) is 0 Å². The standard InChI is InChI=1S/C24H26N/c1-6-17-10-9-11-18-22-19(24(3,4)23(17)18)14-13-16(2)21(22)20-12-7-8-15-25(20)5/h7-15H,6H2,1-5H3/q+1/i6D2. The van der Waals surface area contributed by atoms with E-state index in [9.17, 15) is 0 Å². The van der Waals surface area contributed by atoms with Crippen LogP contribution in [-0.4, -0.2) is 0 Å². The zero-order valence-corrected chi connectivity index (χ0v) is 15.6. The van der Waals surface area contributed by atoms with Gasteiger partial charge in [-0.25, -0.2) is 4.57 Å². The van der Waals surface area contributed by atoms with Gasteiger partial charge in [-0.05, 0) is 47.2 Å². The predicted octanol–water partition coefficient (Wildman–Crippen LogP) is 5.36. The third kappa shape index (κ3) is 2.18. The highest BCUT2D eigenvalue weighted by Gasteiger charge is 2.39. The van der Waals surface area contributed by atoms with Crippen LogP contribution in [0, 0.1) is 6.92 Å². The molecular formula is C24H26N+. The third-order valence-corrected chi connectivity index (χ3v) is 5.63. The number of nitrogens with zero attached hydrogens (tertiary/aromatic N) is 1. The van der Waals surface area contributed by atoms with Crippen LogP contribution < -0.4 is 4.57 Å². The van der Waals surface area contributed by atoms with E-state index in [-0.39, 0.29) is 5.41 Å². The number of aromatic nitrogens is 1. The van der Waals surface area contributed by atoms with Crippen LogP contribution in [0.1, 0.15) is 45.8 Å². The molecule has 0 spiro atoms. The topological polar surface area (TPSA) is 3.88 Å². The first-order chi connectivity index (χ1) is 12.6. The number of hydrogen-bond donors (Lipinski definition) is 0. The number of pyridine rings is 1. The van der Waals surface area contributed by atoms with Gasteiger partial charge in [0.25, 0.3) is 0 Å². The molecule has 1 aliphatic rings. The molecule has 1 heterocycles. The fourth-order valence-electron chi connectivity index (χ4n) is 4.40. The second kappa shape index (κ2) is 5.56. The number of hydrogen-bond acceptors (Lipinski definition) is 0. The minimum absolute atomic E-state index is 0.236. The SMILES string of the molecule is [2H]C([2H])(C)c1cccc2c1C(C)(C)c1ccc(C)c(-c3cccc[n+]3C)c1-2. The van der Waals surface area contributed by atoms with Gasteiger partial charge in [-0.2, -0.15) is 0 Å². The van der Waals surface area contributed by atoms with Crippen LogP contribution in [-0.2, 0) is 18.8 Å². The van der Waals surface area contributed by atoms with Gasteiger partial charge >= 0.3 is 0 Å². The summed E-state index contributed by atoms with van der Waals surface area (Å²) in [6.07, 6.45) is 0.702. The molecule has 0 amide bonds. The molecule has 3 aromatic rings. The van der Waals surface area contributed by atoms with Crippen molar-refractivity contribution < 1.29 is 7.31 Å². The molecule has 0 unspecified atom stereocenters. The molecule has 0 saturated heterocycles. The number of aryl methyl sites for hydroxylation is 3. The van der Waals surface area contributed by atoms with E-state index in [1.165, 1.54) is 33.5 Å². The van der Waals surface area contributed by atoms with Crippen LogP contribution in [0.2, 0.25) is 0 Å². The molecule has 0 radical (unpaired) electrons. The Morgan fingerprint density at radius 1 is 1.00 bits per heavy atom. The zero-order chi connectivity index (χ0) is 19.6. The molecular weight excluding hydrogens is 302 g/mol. The van der Waals surface area contributed by atoms with Gasteiger partial charge in [-0.1, -0.05) is 51.1 Å². The van der Waals surface area contributed by atoms with Gasteiger partial charge in [0, 0.05) is 25.9 Å². The Morgan fingerprint density at radius 3 is 2.52 bits per heavy atom. The number of benzene rings is 2. The summed E-state index contributed by atoms with van der Waals surface area (Å²) in [5.41, 5.74) is 9.05. The minimum atomic E-state index is -1.38. The summed E-state index contributed by atoms with van der Waals surface area (Å²) in [5.74, 6) is 0. The average Bonchev–Trinajstić information content (AvgIpc) is 2.83. The van der Waals surface area contributed by atoms with E-state index in [1.807, 2.05) is 18.2 Å². The Labute approximate surface area is 153 Å². The Kier molecular flexibility index (Phi) is 3.07. The second-order valence-electron chi connectivity index (χ2n) is 7.48. The van der Waals surface area contributed by atoms with Gasteiger partial charge in [-0.3, -0.25) is 0 Å². The zero-order valence-electron chi connectivity index (χ0n) is 17.6. The first-order valence-corrected chi connectivity index (χ1v) is 8.87. The smallest absolute Gasteiger partial charge is 0.201 e. The van der Waals surface area contributed by atoms with Crippen molar-refractivity contribution in [2.75, 3.05) is 0 Å². The van der Waals surface area contributed by atoms with E-state index in [0.29, 0.717) is 0 Å². The Morgan fingerprint density at radius 2 is 1.80 bits per heavy atom. The molecule has 25 heavy (non-hydrogen) atoms. The molecule has 1 aliphatic carbocycles. The van der Waals surface area contributed by atoms with E-state index >= 15 is 0 Å². The highest BCUT2D eigenvalue weighted by atomic mass is 14.9. The van der Waals surface area contributed by atoms with Gasteiger partial charge < -0.3 is 0 Å². The highest BCUT2D eigenvalue weighted by Crippen LogP contribution is 2.53. The summed E-state index contributed by atoms with van der Waals surface area (Å²) < 4.78 is 18.9. The molecule has 0 aliphatic heterocycles. The Balaban J connectivity index is 2.14. The maximum atomic E-state index is 8.38. The van der Waals surface area contributed by atoms with Crippen molar-refractivity contribution in [2.45, 2.75) is 39.5 Å². The molecule has 0 bridgehead atoms. The summed E-state index contributed by atoms with van der Waals surface area (Å²) >= 11 is 0. The van der Waals surface area contributed by atoms with Crippen LogP contribution >= 0.6 is 0 Å². The fourth-order valence-corrected chi connectivity index (χ4v) is 4.40. The second-order valence-corrected chi connectivity index (χ2v) is 7.48. The maximum absolute atomic E-state index is 8.38. The molecule has 0 saturated carbocycles. The molecule has 1 aromatic heterocycles. The number of rotatable bonds is 2. The predicted molar refractivity (Wildman–Crippen MR) is 105 cm³/mol. The van der Waals surface area contributed by atoms with E-state index in [1.54, 1.807) is 6.92 Å². The maximum Gasteiger partial charge on any atom is 0.213 e. The van der Waals surface area contributed by atoms with E-state index in [2.05, 4.69) is 68.9 Å². The quantitative estimate of drug-likeness (QED) is 0.557. The van der Waals surface area contributed by atoms with Gasteiger partial charge in [0.1, 0.15) is 7.05 Å². The number of fused-ring (bicyclic) bond motifs is 3. The van der Waals surface area contributed by atoms with Gasteiger partial charge in [0.2, 0.25) is 5.69 Å². The van der Waals surface area contributed by atoms with Crippen molar-refractivity contribution in [1.29, 1.82) is 0 Å². The molecule has 126 valence electrons. The van der Waals surface area contributed by atoms with Crippen LogP contribution in [0.15, 0.2) is 54.7 Å². The van der Waals surface area contributed by atoms with Crippen molar-refractivity contribution >= 4 is 0 Å². The lowest BCUT2D eigenvalue weighted by Gasteiger charge is -2.24. The molecule has 1 heteroatoms. The van der Waals surface area contributed by atoms with E-state index < -0.39 is 6.37 Å². The largest absolute Gasteiger partial charge is 0.213 e. The first-order valence-electron chi connectivity index (χ1n) is 9.87. The van der Waals surface area contributed by atoms with Crippen molar-refractivity contribution in [1.82, 2.24) is 0 Å². The van der Waals surface area contributed by atoms with E-state index in [4.69, 9.17) is 2.74 Å². The lowest BCUT2D eigenvalue weighted by molar-refractivity contribution is -0.660. The fraction of sp³-hybridized carbons (Fsp3) is 0.292. The van der Waals surface area contributed by atoms with Crippen LogP contribution in [0.5, 0.6) is 0 Å². The molecule has 0 atom stereocenters. The summed E-state index contributed by atoms with van der Waals surface area (Å²) in [5, 5.41) is 0. The lowest BCUT2D eigenvalue weighted by Crippen LogP contribution is -2.30. The molecule has 4 rings (SSSR count). The van der Waals surface area contributed by atoms with E-state index in [0.717, 1.165) is 11.1 Å². The van der Waals surface area contributed by atoms with Crippen LogP contribution in [0.4, 0.5) is 0 Å². The molecule has 1 nitrogen and oxygen atoms in total. The molecule has 0 fully saturated rings. The van der Waals surface area contributed by atoms with Crippen molar-refractivity contribution in [3.05, 3.63) is 77.0 Å². The first kappa shape index (κ1) is 13.8. The lowest BCUT2D eigenvalue weighted by atomic mass is 9.79. The normalized spacial score (nSPS) is 16.0. The van der Waals surface area contributed by atoms with Crippen LogP contribution in [0.25, 0.3) is 22.4 Å². The third-order valence-electron chi connectivity index (χ3n) is 5.63. The van der Waals surface area contributed by atoms with Crippen molar-refractivity contribution in [3.63, 3.8) is 0 Å². The Hall–Kier alpha value is -2.41. The summed E-state index contributed by atoms with van der Waals surface area (Å²) in [4.78, 5) is 0. The summed E-state index contributed by atoms with van der Waals surface area (Å²) in [6.45, 7) is 8.26. The Bertz CT molecular complexity index is 1060. The molecule has 0 N–H and O–H groups in total. The average molecular weight is 330 g/mol. The van der Waals surface area contributed by atoms with Gasteiger partial charge in [0.05, 0.1) is 5.56 Å². The summed E-state index contributed by atoms with van der Waals surface area (Å²) in [6, 6.07) is 16.8. The molecule has 2 aromatic carbocycles. The van der Waals surface area contributed by atoms with Crippen molar-refractivity contribution in [3.8, 4) is 22.4 Å².